The van der Waals surface area contributed by atoms with E-state index in [2.05, 4.69) is 23.6 Å². The molecule has 0 amide bonds. The Hall–Kier alpha value is -0.190. The molecule has 0 bridgehead atoms. The van der Waals surface area contributed by atoms with Crippen LogP contribution in [0.25, 0.3) is 0 Å². The fourth-order valence-corrected chi connectivity index (χ4v) is 2.66. The molecule has 3 nitrogen and oxygen atoms in total. The molecule has 4 heteroatoms. The first-order chi connectivity index (χ1) is 7.69. The average Bonchev–Trinajstić information content (AvgIpc) is 2.27. The largest absolute Gasteiger partial charge is 0.392 e. The monoisotopic (exact) mass is 243 g/mol. The van der Waals surface area contributed by atoms with Crippen molar-refractivity contribution < 1.29 is 0 Å². The zero-order chi connectivity index (χ0) is 12.0. The summed E-state index contributed by atoms with van der Waals surface area (Å²) in [5.74, 6) is 0. The molecule has 0 aromatic rings. The number of hydrogen-bond donors (Lipinski definition) is 1. The van der Waals surface area contributed by atoms with Crippen molar-refractivity contribution in [3.8, 4) is 0 Å². The Kier molecular flexibility index (Phi) is 6.24. The third-order valence-electron chi connectivity index (χ3n) is 3.28. The van der Waals surface area contributed by atoms with E-state index in [4.69, 9.17) is 18.0 Å². The van der Waals surface area contributed by atoms with E-state index in [0.717, 1.165) is 39.0 Å². The fourth-order valence-electron chi connectivity index (χ4n) is 2.39. The molecule has 1 aliphatic rings. The summed E-state index contributed by atoms with van der Waals surface area (Å²) in [4.78, 5) is 5.66. The van der Waals surface area contributed by atoms with Crippen molar-refractivity contribution in [3.05, 3.63) is 0 Å². The van der Waals surface area contributed by atoms with Crippen LogP contribution in [-0.4, -0.2) is 53.6 Å². The minimum absolute atomic E-state index is 0.323. The van der Waals surface area contributed by atoms with Crippen LogP contribution >= 0.6 is 12.2 Å². The number of rotatable bonds is 6. The summed E-state index contributed by atoms with van der Waals surface area (Å²) >= 11 is 5.17. The highest BCUT2D eigenvalue weighted by Crippen LogP contribution is 2.11. The molecule has 1 aliphatic heterocycles. The van der Waals surface area contributed by atoms with Crippen LogP contribution in [0.3, 0.4) is 0 Å². The highest BCUT2D eigenvalue weighted by Gasteiger charge is 2.24. The molecule has 0 aromatic heterocycles. The maximum absolute atomic E-state index is 5.82. The van der Waals surface area contributed by atoms with Crippen molar-refractivity contribution in [2.45, 2.75) is 39.2 Å². The molecule has 1 atom stereocenters. The Labute approximate surface area is 105 Å². The van der Waals surface area contributed by atoms with Crippen LogP contribution in [0.5, 0.6) is 0 Å². The zero-order valence-corrected chi connectivity index (χ0v) is 11.4. The molecule has 0 saturated carbocycles. The number of nitrogens with two attached hydrogens (primary N) is 1. The van der Waals surface area contributed by atoms with Crippen LogP contribution in [0.4, 0.5) is 0 Å². The Morgan fingerprint density at radius 3 is 2.25 bits per heavy atom. The molecule has 94 valence electrons. The number of thiocarbonyl (C=S) groups is 1. The molecule has 1 heterocycles. The number of nitrogens with zero attached hydrogens (tertiary/aromatic N) is 2. The van der Waals surface area contributed by atoms with E-state index in [1.807, 2.05) is 0 Å². The van der Waals surface area contributed by atoms with Gasteiger partial charge in [-0.3, -0.25) is 4.90 Å². The molecule has 0 aliphatic carbocycles. The molecular weight excluding hydrogens is 218 g/mol. The molecule has 1 saturated heterocycles. The molecule has 0 spiro atoms. The highest BCUT2D eigenvalue weighted by molar-refractivity contribution is 7.80. The minimum Gasteiger partial charge on any atom is -0.392 e. The van der Waals surface area contributed by atoms with Gasteiger partial charge in [-0.25, -0.2) is 0 Å². The first-order valence-corrected chi connectivity index (χ1v) is 6.85. The summed E-state index contributed by atoms with van der Waals surface area (Å²) in [6.45, 7) is 10.2. The fraction of sp³-hybridized carbons (Fsp3) is 0.917. The van der Waals surface area contributed by atoms with E-state index in [-0.39, 0.29) is 0 Å². The summed E-state index contributed by atoms with van der Waals surface area (Å²) in [6, 6.07) is 0.323. The van der Waals surface area contributed by atoms with E-state index >= 15 is 0 Å². The Morgan fingerprint density at radius 2 is 1.81 bits per heavy atom. The Bertz CT molecular complexity index is 212. The van der Waals surface area contributed by atoms with Crippen molar-refractivity contribution >= 4 is 17.2 Å². The van der Waals surface area contributed by atoms with Crippen LogP contribution < -0.4 is 5.73 Å². The molecule has 0 aromatic carbocycles. The molecule has 16 heavy (non-hydrogen) atoms. The van der Waals surface area contributed by atoms with Gasteiger partial charge in [0.05, 0.1) is 11.0 Å². The lowest BCUT2D eigenvalue weighted by Crippen LogP contribution is -2.53. The summed E-state index contributed by atoms with van der Waals surface area (Å²) < 4.78 is 0. The molecule has 2 N–H and O–H groups in total. The maximum atomic E-state index is 5.82. The van der Waals surface area contributed by atoms with Crippen LogP contribution in [0.1, 0.15) is 33.1 Å². The van der Waals surface area contributed by atoms with E-state index in [1.165, 1.54) is 13.0 Å². The van der Waals surface area contributed by atoms with Crippen molar-refractivity contribution in [2.24, 2.45) is 5.73 Å². The summed E-state index contributed by atoms with van der Waals surface area (Å²) in [5.41, 5.74) is 5.82. The molecule has 1 fully saturated rings. The van der Waals surface area contributed by atoms with Crippen LogP contribution in [0.2, 0.25) is 0 Å². The van der Waals surface area contributed by atoms with Crippen LogP contribution in [0.15, 0.2) is 0 Å². The third-order valence-corrected chi connectivity index (χ3v) is 3.55. The second-order valence-corrected chi connectivity index (χ2v) is 5.06. The Balaban J connectivity index is 2.41. The predicted octanol–water partition coefficient (Wildman–Crippen LogP) is 1.47. The summed E-state index contributed by atoms with van der Waals surface area (Å²) in [6.07, 6.45) is 3.49. The molecule has 1 unspecified atom stereocenters. The van der Waals surface area contributed by atoms with Gasteiger partial charge in [-0.2, -0.15) is 0 Å². The topological polar surface area (TPSA) is 32.5 Å². The standard InChI is InChI=1S/C12H25N3S/c1-3-5-11(12(13)16)15-9-7-14(6-4-2)8-10-15/h11H,3-10H2,1-2H3,(H2,13,16). The number of hydrogen-bond acceptors (Lipinski definition) is 3. The van der Waals surface area contributed by atoms with Gasteiger partial charge in [0.2, 0.25) is 0 Å². The maximum Gasteiger partial charge on any atom is 0.0902 e. The average molecular weight is 243 g/mol. The van der Waals surface area contributed by atoms with E-state index in [0.29, 0.717) is 11.0 Å². The van der Waals surface area contributed by atoms with E-state index in [9.17, 15) is 0 Å². The zero-order valence-electron chi connectivity index (χ0n) is 10.6. The first kappa shape index (κ1) is 13.9. The first-order valence-electron chi connectivity index (χ1n) is 6.44. The SMILES string of the molecule is CCCC(C(N)=S)N1CCN(CCC)CC1. The highest BCUT2D eigenvalue weighted by atomic mass is 32.1. The lowest BCUT2D eigenvalue weighted by molar-refractivity contribution is 0.115. The normalized spacial score (nSPS) is 20.9. The van der Waals surface area contributed by atoms with Crippen molar-refractivity contribution in [1.82, 2.24) is 9.80 Å². The van der Waals surface area contributed by atoms with Gasteiger partial charge in [-0.1, -0.05) is 32.5 Å². The Morgan fingerprint density at radius 1 is 1.19 bits per heavy atom. The van der Waals surface area contributed by atoms with Crippen molar-refractivity contribution in [2.75, 3.05) is 32.7 Å². The summed E-state index contributed by atoms with van der Waals surface area (Å²) in [5, 5.41) is 0. The lowest BCUT2D eigenvalue weighted by Gasteiger charge is -2.38. The van der Waals surface area contributed by atoms with Gasteiger partial charge in [0.15, 0.2) is 0 Å². The van der Waals surface area contributed by atoms with Gasteiger partial charge in [0.1, 0.15) is 0 Å². The summed E-state index contributed by atoms with van der Waals surface area (Å²) in [7, 11) is 0. The van der Waals surface area contributed by atoms with Crippen LogP contribution in [0, 0.1) is 0 Å². The van der Waals surface area contributed by atoms with Gasteiger partial charge in [-0.15, -0.1) is 0 Å². The van der Waals surface area contributed by atoms with Gasteiger partial charge in [0, 0.05) is 26.2 Å². The van der Waals surface area contributed by atoms with Gasteiger partial charge < -0.3 is 10.6 Å². The quantitative estimate of drug-likeness (QED) is 0.716. The second-order valence-electron chi connectivity index (χ2n) is 4.58. The van der Waals surface area contributed by atoms with Gasteiger partial charge in [0.25, 0.3) is 0 Å². The molecular formula is C12H25N3S. The lowest BCUT2D eigenvalue weighted by atomic mass is 10.1. The second kappa shape index (κ2) is 7.20. The molecule has 0 radical (unpaired) electrons. The van der Waals surface area contributed by atoms with Crippen molar-refractivity contribution in [3.63, 3.8) is 0 Å². The van der Waals surface area contributed by atoms with Crippen LogP contribution in [-0.2, 0) is 0 Å². The number of piperazine rings is 1. The van der Waals surface area contributed by atoms with E-state index in [1.54, 1.807) is 0 Å². The van der Waals surface area contributed by atoms with Crippen molar-refractivity contribution in [1.29, 1.82) is 0 Å². The smallest absolute Gasteiger partial charge is 0.0902 e. The van der Waals surface area contributed by atoms with Gasteiger partial charge in [-0.05, 0) is 19.4 Å². The minimum atomic E-state index is 0.323. The van der Waals surface area contributed by atoms with Gasteiger partial charge >= 0.3 is 0 Å². The predicted molar refractivity (Wildman–Crippen MR) is 73.8 cm³/mol. The third kappa shape index (κ3) is 4.00. The van der Waals surface area contributed by atoms with E-state index < -0.39 is 0 Å². The molecule has 1 rings (SSSR count).